The smallest absolute Gasteiger partial charge is 0.410 e. The lowest BCUT2D eigenvalue weighted by Gasteiger charge is -2.48. The fraction of sp³-hybridized carbons (Fsp3) is 0.409. The van der Waals surface area contributed by atoms with E-state index in [4.69, 9.17) is 14.6 Å². The number of aromatic nitrogens is 1. The highest BCUT2D eigenvalue weighted by molar-refractivity contribution is 9.10. The van der Waals surface area contributed by atoms with E-state index in [0.717, 1.165) is 22.2 Å². The number of carbonyl (C=O) groups is 2. The molecule has 1 aromatic heterocycles. The Labute approximate surface area is 183 Å². The van der Waals surface area contributed by atoms with Crippen molar-refractivity contribution < 1.29 is 24.2 Å². The van der Waals surface area contributed by atoms with E-state index >= 15 is 0 Å². The molecule has 1 N–H and O–H groups in total. The molecule has 2 aliphatic rings. The largest absolute Gasteiger partial charge is 0.480 e. The molecule has 1 spiro atoms. The van der Waals surface area contributed by atoms with Crippen LogP contribution in [0.2, 0.25) is 0 Å². The first-order valence-corrected chi connectivity index (χ1v) is 10.6. The lowest BCUT2D eigenvalue weighted by Crippen LogP contribution is -2.58. The fourth-order valence-electron chi connectivity index (χ4n) is 4.48. The van der Waals surface area contributed by atoms with Crippen LogP contribution in [0.15, 0.2) is 53.1 Å². The van der Waals surface area contributed by atoms with E-state index in [2.05, 4.69) is 20.9 Å². The first-order chi connectivity index (χ1) is 14.4. The summed E-state index contributed by atoms with van der Waals surface area (Å²) in [6.45, 7) is 1.03. The zero-order valence-corrected chi connectivity index (χ0v) is 18.0. The number of hydrogen-bond donors (Lipinski definition) is 1. The number of ether oxygens (including phenoxy) is 2. The maximum Gasteiger partial charge on any atom is 0.410 e. The molecule has 1 aliphatic carbocycles. The number of halogens is 1. The van der Waals surface area contributed by atoms with E-state index in [0.29, 0.717) is 25.9 Å². The number of hydrogen-bond acceptors (Lipinski definition) is 5. The summed E-state index contributed by atoms with van der Waals surface area (Å²) in [5.74, 6) is -1.01. The Morgan fingerprint density at radius 3 is 2.57 bits per heavy atom. The predicted molar refractivity (Wildman–Crippen MR) is 112 cm³/mol. The number of aliphatic carboxylic acids is 1. The highest BCUT2D eigenvalue weighted by Crippen LogP contribution is 2.55. The number of pyridine rings is 1. The Bertz CT molecular complexity index is 915. The second-order valence-corrected chi connectivity index (χ2v) is 9.03. The van der Waals surface area contributed by atoms with Crippen LogP contribution in [0.25, 0.3) is 0 Å². The van der Waals surface area contributed by atoms with Crippen LogP contribution in [-0.2, 0) is 26.5 Å². The molecule has 0 radical (unpaired) electrons. The van der Waals surface area contributed by atoms with Crippen LogP contribution < -0.4 is 0 Å². The van der Waals surface area contributed by atoms with Gasteiger partial charge in [0, 0.05) is 29.2 Å². The van der Waals surface area contributed by atoms with Gasteiger partial charge in [-0.3, -0.25) is 4.98 Å². The molecule has 1 aromatic carbocycles. The SMILES string of the molecule is O=C(O)COC1(c2ccc(Br)cn2)CCC2(CN(C(=O)OCc3ccccc3)C2)C1. The topological polar surface area (TPSA) is 89.0 Å². The summed E-state index contributed by atoms with van der Waals surface area (Å²) >= 11 is 3.38. The molecular weight excluding hydrogens is 452 g/mol. The summed E-state index contributed by atoms with van der Waals surface area (Å²) < 4.78 is 12.2. The Morgan fingerprint density at radius 1 is 1.13 bits per heavy atom. The van der Waals surface area contributed by atoms with Gasteiger partial charge in [0.15, 0.2) is 0 Å². The Kier molecular flexibility index (Phi) is 5.79. The lowest BCUT2D eigenvalue weighted by molar-refractivity contribution is -0.152. The van der Waals surface area contributed by atoms with Gasteiger partial charge in [-0.2, -0.15) is 0 Å². The van der Waals surface area contributed by atoms with Gasteiger partial charge >= 0.3 is 12.1 Å². The van der Waals surface area contributed by atoms with Crippen LogP contribution in [0.3, 0.4) is 0 Å². The van der Waals surface area contributed by atoms with Crippen LogP contribution >= 0.6 is 15.9 Å². The molecule has 1 aliphatic heterocycles. The monoisotopic (exact) mass is 474 g/mol. The van der Waals surface area contributed by atoms with Gasteiger partial charge < -0.3 is 19.5 Å². The number of carboxylic acids is 1. The molecule has 1 unspecified atom stereocenters. The average molecular weight is 475 g/mol. The average Bonchev–Trinajstić information content (AvgIpc) is 3.12. The Morgan fingerprint density at radius 2 is 1.90 bits per heavy atom. The van der Waals surface area contributed by atoms with Gasteiger partial charge in [0.25, 0.3) is 0 Å². The fourth-order valence-corrected chi connectivity index (χ4v) is 4.72. The van der Waals surface area contributed by atoms with Crippen molar-refractivity contribution in [1.82, 2.24) is 9.88 Å². The van der Waals surface area contributed by atoms with Crippen LogP contribution in [0.4, 0.5) is 4.79 Å². The van der Waals surface area contributed by atoms with Crippen molar-refractivity contribution in [2.45, 2.75) is 31.5 Å². The number of carboxylic acid groups (broad SMARTS) is 1. The van der Waals surface area contributed by atoms with Crippen molar-refractivity contribution in [2.75, 3.05) is 19.7 Å². The standard InChI is InChI=1S/C22H23BrN2O5/c23-17-6-7-18(24-10-17)22(30-12-19(26)27)9-8-21(13-22)14-25(15-21)20(28)29-11-16-4-2-1-3-5-16/h1-7,10H,8-9,11-15H2,(H,26,27). The summed E-state index contributed by atoms with van der Waals surface area (Å²) in [4.78, 5) is 29.7. The Balaban J connectivity index is 1.39. The molecule has 4 rings (SSSR count). The van der Waals surface area contributed by atoms with Crippen molar-refractivity contribution in [3.05, 3.63) is 64.4 Å². The van der Waals surface area contributed by atoms with Gasteiger partial charge in [-0.05, 0) is 52.9 Å². The molecule has 158 valence electrons. The minimum Gasteiger partial charge on any atom is -0.480 e. The molecular formula is C22H23BrN2O5. The van der Waals surface area contributed by atoms with Crippen molar-refractivity contribution >= 4 is 28.0 Å². The number of carbonyl (C=O) groups excluding carboxylic acids is 1. The zero-order chi connectivity index (χ0) is 21.2. The summed E-state index contributed by atoms with van der Waals surface area (Å²) in [5.41, 5.74) is 0.830. The Hall–Kier alpha value is -2.45. The molecule has 30 heavy (non-hydrogen) atoms. The van der Waals surface area contributed by atoms with E-state index in [1.54, 1.807) is 11.1 Å². The first-order valence-electron chi connectivity index (χ1n) is 9.83. The zero-order valence-electron chi connectivity index (χ0n) is 16.4. The summed E-state index contributed by atoms with van der Waals surface area (Å²) in [6.07, 6.45) is 3.51. The van der Waals surface area contributed by atoms with Gasteiger partial charge in [0.1, 0.15) is 18.8 Å². The van der Waals surface area contributed by atoms with Crippen molar-refractivity contribution in [2.24, 2.45) is 5.41 Å². The molecule has 2 fully saturated rings. The summed E-state index contributed by atoms with van der Waals surface area (Å²) in [6, 6.07) is 13.3. The lowest BCUT2D eigenvalue weighted by atomic mass is 9.76. The number of rotatable bonds is 6. The molecule has 2 aromatic rings. The third kappa shape index (κ3) is 4.34. The highest BCUT2D eigenvalue weighted by Gasteiger charge is 2.57. The van der Waals surface area contributed by atoms with Gasteiger partial charge in [0.05, 0.1) is 5.69 Å². The van der Waals surface area contributed by atoms with Crippen molar-refractivity contribution in [1.29, 1.82) is 0 Å². The number of amides is 1. The van der Waals surface area contributed by atoms with Crippen LogP contribution in [0.1, 0.15) is 30.5 Å². The van der Waals surface area contributed by atoms with Crippen molar-refractivity contribution in [3.8, 4) is 0 Å². The molecule has 7 nitrogen and oxygen atoms in total. The van der Waals surface area contributed by atoms with E-state index in [-0.39, 0.29) is 24.7 Å². The molecule has 1 atom stereocenters. The maximum absolute atomic E-state index is 12.4. The number of nitrogens with zero attached hydrogens (tertiary/aromatic N) is 2. The van der Waals surface area contributed by atoms with Gasteiger partial charge in [-0.25, -0.2) is 9.59 Å². The van der Waals surface area contributed by atoms with Crippen LogP contribution in [0, 0.1) is 5.41 Å². The number of likely N-dealkylation sites (tertiary alicyclic amines) is 1. The van der Waals surface area contributed by atoms with E-state index in [9.17, 15) is 9.59 Å². The third-order valence-electron chi connectivity index (χ3n) is 5.90. The van der Waals surface area contributed by atoms with E-state index < -0.39 is 11.6 Å². The van der Waals surface area contributed by atoms with Crippen molar-refractivity contribution in [3.63, 3.8) is 0 Å². The van der Waals surface area contributed by atoms with Gasteiger partial charge in [-0.1, -0.05) is 30.3 Å². The third-order valence-corrected chi connectivity index (χ3v) is 6.37. The summed E-state index contributed by atoms with van der Waals surface area (Å²) in [5, 5.41) is 9.13. The molecule has 0 bridgehead atoms. The number of benzene rings is 1. The van der Waals surface area contributed by atoms with Gasteiger partial charge in [-0.15, -0.1) is 0 Å². The quantitative estimate of drug-likeness (QED) is 0.681. The molecule has 2 heterocycles. The maximum atomic E-state index is 12.4. The highest BCUT2D eigenvalue weighted by atomic mass is 79.9. The van der Waals surface area contributed by atoms with E-state index in [1.165, 1.54) is 0 Å². The minimum absolute atomic E-state index is 0.0982. The van der Waals surface area contributed by atoms with Gasteiger partial charge in [0.2, 0.25) is 0 Å². The van der Waals surface area contributed by atoms with Crippen LogP contribution in [0.5, 0.6) is 0 Å². The van der Waals surface area contributed by atoms with Crippen LogP contribution in [-0.4, -0.2) is 46.7 Å². The summed E-state index contributed by atoms with van der Waals surface area (Å²) in [7, 11) is 0. The molecule has 1 saturated heterocycles. The molecule has 1 saturated carbocycles. The normalized spacial score (nSPS) is 22.0. The second kappa shape index (κ2) is 8.35. The molecule has 1 amide bonds. The first kappa shape index (κ1) is 20.8. The minimum atomic E-state index is -1.01. The van der Waals surface area contributed by atoms with E-state index in [1.807, 2.05) is 42.5 Å². The second-order valence-electron chi connectivity index (χ2n) is 8.11. The molecule has 8 heteroatoms. The predicted octanol–water partition coefficient (Wildman–Crippen LogP) is 3.96.